The molecule has 3 rings (SSSR count). The normalized spacial score (nSPS) is 11.0. The molecule has 3 aromatic rings. The molecule has 0 saturated carbocycles. The number of nitrogens with one attached hydrogen (secondary N) is 1. The third-order valence-corrected chi connectivity index (χ3v) is 4.52. The number of methoxy groups -OCH3 is 1. The van der Waals surface area contributed by atoms with Crippen LogP contribution in [0.25, 0.3) is 11.1 Å². The molecule has 30 heavy (non-hydrogen) atoms. The lowest BCUT2D eigenvalue weighted by Crippen LogP contribution is -2.09. The van der Waals surface area contributed by atoms with Gasteiger partial charge in [-0.3, -0.25) is 20.3 Å². The van der Waals surface area contributed by atoms with Crippen molar-refractivity contribution < 1.29 is 14.5 Å². The molecule has 0 fully saturated rings. The van der Waals surface area contributed by atoms with Gasteiger partial charge in [-0.2, -0.15) is 5.10 Å². The SMILES string of the molecule is COC(=O)CC/C(=N\Nc1ccc([N+](=O)[O-])cc1)c1ccc(-c2ccccc2)cc1. The maximum absolute atomic E-state index is 11.6. The zero-order valence-electron chi connectivity index (χ0n) is 16.4. The number of hydrazone groups is 1. The first-order valence-corrected chi connectivity index (χ1v) is 9.36. The number of ether oxygens (including phenoxy) is 1. The molecule has 7 heteroatoms. The Bertz CT molecular complexity index is 1030. The van der Waals surface area contributed by atoms with Gasteiger partial charge in [0.1, 0.15) is 0 Å². The van der Waals surface area contributed by atoms with E-state index in [0.29, 0.717) is 17.8 Å². The van der Waals surface area contributed by atoms with Crippen LogP contribution in [0.5, 0.6) is 0 Å². The highest BCUT2D eigenvalue weighted by Gasteiger charge is 2.10. The van der Waals surface area contributed by atoms with E-state index < -0.39 is 4.92 Å². The third kappa shape index (κ3) is 5.51. The van der Waals surface area contributed by atoms with E-state index in [4.69, 9.17) is 4.74 Å². The second-order valence-electron chi connectivity index (χ2n) is 6.49. The highest BCUT2D eigenvalue weighted by atomic mass is 16.6. The Morgan fingerprint density at radius 2 is 1.57 bits per heavy atom. The first-order valence-electron chi connectivity index (χ1n) is 9.36. The quantitative estimate of drug-likeness (QED) is 0.246. The molecule has 7 nitrogen and oxygen atoms in total. The molecule has 3 aromatic carbocycles. The van der Waals surface area contributed by atoms with E-state index in [1.807, 2.05) is 54.6 Å². The van der Waals surface area contributed by atoms with Crippen LogP contribution < -0.4 is 5.43 Å². The number of rotatable bonds is 8. The molecule has 0 radical (unpaired) electrons. The van der Waals surface area contributed by atoms with Gasteiger partial charge < -0.3 is 4.74 Å². The summed E-state index contributed by atoms with van der Waals surface area (Å²) < 4.78 is 4.73. The van der Waals surface area contributed by atoms with Gasteiger partial charge in [-0.1, -0.05) is 54.6 Å². The molecule has 0 aromatic heterocycles. The number of anilines is 1. The molecular formula is C23H21N3O4. The molecule has 152 valence electrons. The number of carbonyl (C=O) groups is 1. The van der Waals surface area contributed by atoms with Gasteiger partial charge >= 0.3 is 5.97 Å². The topological polar surface area (TPSA) is 93.8 Å². The van der Waals surface area contributed by atoms with Crippen LogP contribution in [0.3, 0.4) is 0 Å². The number of hydrogen-bond donors (Lipinski definition) is 1. The van der Waals surface area contributed by atoms with Gasteiger partial charge in [0.25, 0.3) is 5.69 Å². The summed E-state index contributed by atoms with van der Waals surface area (Å²) >= 11 is 0. The first-order chi connectivity index (χ1) is 14.6. The molecule has 0 atom stereocenters. The summed E-state index contributed by atoms with van der Waals surface area (Å²) in [6.45, 7) is 0. The highest BCUT2D eigenvalue weighted by molar-refractivity contribution is 6.02. The lowest BCUT2D eigenvalue weighted by Gasteiger charge is -2.09. The Morgan fingerprint density at radius 1 is 0.933 bits per heavy atom. The van der Waals surface area contributed by atoms with Crippen molar-refractivity contribution in [1.82, 2.24) is 0 Å². The largest absolute Gasteiger partial charge is 0.469 e. The van der Waals surface area contributed by atoms with Gasteiger partial charge in [-0.25, -0.2) is 0 Å². The molecule has 1 N–H and O–H groups in total. The zero-order valence-corrected chi connectivity index (χ0v) is 16.4. The summed E-state index contributed by atoms with van der Waals surface area (Å²) in [5.41, 5.74) is 7.26. The molecule has 0 unspecified atom stereocenters. The maximum atomic E-state index is 11.6. The van der Waals surface area contributed by atoms with Crippen molar-refractivity contribution in [3.8, 4) is 11.1 Å². The van der Waals surface area contributed by atoms with Crippen LogP contribution in [-0.2, 0) is 9.53 Å². The average Bonchev–Trinajstić information content (AvgIpc) is 2.80. The molecule has 0 bridgehead atoms. The predicted molar refractivity (Wildman–Crippen MR) is 116 cm³/mol. The van der Waals surface area contributed by atoms with Gasteiger partial charge in [0.15, 0.2) is 0 Å². The number of hydrogen-bond acceptors (Lipinski definition) is 6. The molecule has 0 saturated heterocycles. The monoisotopic (exact) mass is 403 g/mol. The summed E-state index contributed by atoms with van der Waals surface area (Å²) in [4.78, 5) is 21.9. The summed E-state index contributed by atoms with van der Waals surface area (Å²) in [6, 6.07) is 23.9. The third-order valence-electron chi connectivity index (χ3n) is 4.52. The second kappa shape index (κ2) is 9.97. The molecule has 0 heterocycles. The zero-order chi connectivity index (χ0) is 21.3. The highest BCUT2D eigenvalue weighted by Crippen LogP contribution is 2.21. The number of carbonyl (C=O) groups excluding carboxylic acids is 1. The van der Waals surface area contributed by atoms with E-state index in [2.05, 4.69) is 10.5 Å². The van der Waals surface area contributed by atoms with Crippen LogP contribution in [0.15, 0.2) is 84.0 Å². The summed E-state index contributed by atoms with van der Waals surface area (Å²) in [5.74, 6) is -0.320. The summed E-state index contributed by atoms with van der Waals surface area (Å²) in [6.07, 6.45) is 0.578. The number of nitro benzene ring substituents is 1. The minimum absolute atomic E-state index is 0.00643. The van der Waals surface area contributed by atoms with E-state index >= 15 is 0 Å². The fourth-order valence-corrected chi connectivity index (χ4v) is 2.86. The number of non-ortho nitro benzene ring substituents is 1. The molecule has 0 aliphatic heterocycles. The minimum Gasteiger partial charge on any atom is -0.469 e. The first kappa shape index (κ1) is 20.7. The Morgan fingerprint density at radius 3 is 2.17 bits per heavy atom. The number of nitrogens with zero attached hydrogens (tertiary/aromatic N) is 2. The second-order valence-corrected chi connectivity index (χ2v) is 6.49. The molecule has 0 spiro atoms. The van der Waals surface area contributed by atoms with Gasteiger partial charge in [0.2, 0.25) is 0 Å². The van der Waals surface area contributed by atoms with Gasteiger partial charge in [0.05, 0.1) is 29.9 Å². The summed E-state index contributed by atoms with van der Waals surface area (Å²) in [7, 11) is 1.35. The van der Waals surface area contributed by atoms with Crippen LogP contribution in [0.2, 0.25) is 0 Å². The molecule has 0 aliphatic carbocycles. The van der Waals surface area contributed by atoms with Crippen LogP contribution >= 0.6 is 0 Å². The standard InChI is InChI=1S/C23H21N3O4/c1-30-23(27)16-15-22(25-24-20-11-13-21(14-12-20)26(28)29)19-9-7-18(8-10-19)17-5-3-2-4-6-17/h2-14,24H,15-16H2,1H3/b25-22+. The Labute approximate surface area is 174 Å². The van der Waals surface area contributed by atoms with Crippen molar-refractivity contribution in [2.75, 3.05) is 12.5 Å². The van der Waals surface area contributed by atoms with Gasteiger partial charge in [-0.05, 0) is 28.8 Å². The van der Waals surface area contributed by atoms with E-state index in [0.717, 1.165) is 16.7 Å². The van der Waals surface area contributed by atoms with Gasteiger partial charge in [0, 0.05) is 18.6 Å². The van der Waals surface area contributed by atoms with E-state index in [1.54, 1.807) is 12.1 Å². The maximum Gasteiger partial charge on any atom is 0.305 e. The van der Waals surface area contributed by atoms with Crippen LogP contribution in [0.4, 0.5) is 11.4 Å². The van der Waals surface area contributed by atoms with Crippen molar-refractivity contribution in [1.29, 1.82) is 0 Å². The fraction of sp³-hybridized carbons (Fsp3) is 0.130. The van der Waals surface area contributed by atoms with Crippen molar-refractivity contribution in [2.24, 2.45) is 5.10 Å². The lowest BCUT2D eigenvalue weighted by molar-refractivity contribution is -0.384. The predicted octanol–water partition coefficient (Wildman–Crippen LogP) is 5.03. The minimum atomic E-state index is -0.455. The smallest absolute Gasteiger partial charge is 0.305 e. The van der Waals surface area contributed by atoms with Crippen LogP contribution in [0.1, 0.15) is 18.4 Å². The number of esters is 1. The van der Waals surface area contributed by atoms with Crippen molar-refractivity contribution >= 4 is 23.1 Å². The van der Waals surface area contributed by atoms with Crippen LogP contribution in [-0.4, -0.2) is 23.7 Å². The Kier molecular flexibility index (Phi) is 6.89. The summed E-state index contributed by atoms with van der Waals surface area (Å²) in [5, 5.41) is 15.2. The number of benzene rings is 3. The lowest BCUT2D eigenvalue weighted by atomic mass is 10.0. The van der Waals surface area contributed by atoms with E-state index in [1.165, 1.54) is 19.2 Å². The van der Waals surface area contributed by atoms with E-state index in [-0.39, 0.29) is 18.1 Å². The van der Waals surface area contributed by atoms with Crippen molar-refractivity contribution in [3.63, 3.8) is 0 Å². The molecular weight excluding hydrogens is 382 g/mol. The van der Waals surface area contributed by atoms with Crippen molar-refractivity contribution in [3.05, 3.63) is 94.5 Å². The Hall–Kier alpha value is -4.00. The average molecular weight is 403 g/mol. The fourth-order valence-electron chi connectivity index (χ4n) is 2.86. The van der Waals surface area contributed by atoms with Crippen molar-refractivity contribution in [2.45, 2.75) is 12.8 Å². The van der Waals surface area contributed by atoms with Crippen LogP contribution in [0, 0.1) is 10.1 Å². The number of nitro groups is 1. The molecule has 0 amide bonds. The molecule has 0 aliphatic rings. The van der Waals surface area contributed by atoms with E-state index in [9.17, 15) is 14.9 Å². The Balaban J connectivity index is 1.81. The van der Waals surface area contributed by atoms with Gasteiger partial charge in [-0.15, -0.1) is 0 Å².